The molecule has 0 saturated carbocycles. The number of hydrogen-bond donors (Lipinski definition) is 0. The first kappa shape index (κ1) is 31.8. The number of aryl methyl sites for hydroxylation is 2. The van der Waals surface area contributed by atoms with Crippen LogP contribution in [0.2, 0.25) is 0 Å². The van der Waals surface area contributed by atoms with Crippen LogP contribution in [0.25, 0.3) is 0 Å². The summed E-state index contributed by atoms with van der Waals surface area (Å²) >= 11 is 0. The molecule has 0 aliphatic carbocycles. The molecule has 0 aliphatic rings. The molecule has 0 amide bonds. The van der Waals surface area contributed by atoms with Crippen molar-refractivity contribution in [1.29, 1.82) is 0 Å². The Morgan fingerprint density at radius 1 is 0.659 bits per heavy atom. The average molecular weight is 567 g/mol. The van der Waals surface area contributed by atoms with Gasteiger partial charge in [-0.25, -0.2) is 9.59 Å². The third-order valence-electron chi connectivity index (χ3n) is 5.82. The largest absolute Gasteiger partial charge is 0.331 e. The van der Waals surface area contributed by atoms with Crippen molar-refractivity contribution in [3.05, 3.63) is 146 Å². The molecule has 0 fully saturated rings. The molecule has 41 heavy (non-hydrogen) atoms. The number of hydrogen-bond acceptors (Lipinski definition) is 8. The molecule has 0 bridgehead atoms. The minimum Gasteiger partial charge on any atom is -0.303 e. The van der Waals surface area contributed by atoms with Crippen molar-refractivity contribution < 1.29 is 9.85 Å². The van der Waals surface area contributed by atoms with Gasteiger partial charge in [-0.2, -0.15) is 0 Å². The van der Waals surface area contributed by atoms with E-state index in [9.17, 15) is 39.4 Å². The lowest BCUT2D eigenvalue weighted by molar-refractivity contribution is -0.385. The van der Waals surface area contributed by atoms with Gasteiger partial charge in [0.25, 0.3) is 22.5 Å². The summed E-state index contributed by atoms with van der Waals surface area (Å²) in [5, 5.41) is 21.5. The Morgan fingerprint density at radius 3 is 1.51 bits per heavy atom. The first-order chi connectivity index (χ1) is 19.4. The van der Waals surface area contributed by atoms with Gasteiger partial charge >= 0.3 is 11.4 Å². The third-order valence-corrected chi connectivity index (χ3v) is 5.82. The Labute approximate surface area is 233 Å². The fourth-order valence-electron chi connectivity index (χ4n) is 3.56. The van der Waals surface area contributed by atoms with Crippen molar-refractivity contribution in [2.75, 3.05) is 0 Å². The minimum absolute atomic E-state index is 0.0315. The summed E-state index contributed by atoms with van der Waals surface area (Å²) in [7, 11) is 3.05. The van der Waals surface area contributed by atoms with Crippen LogP contribution in [0.5, 0.6) is 0 Å². The number of aromatic nitrogens is 4. The SMILES string of the molecule is CC.Cc1cc(=O)n(Cc2ccc([N+](=O)[O-])cc2)c(=O)n1Cc1ccc([N+](=O)[O-])cc1.Cn1ccc(=O)n(C)c1=O. The van der Waals surface area contributed by atoms with E-state index in [1.807, 2.05) is 13.8 Å². The minimum atomic E-state index is -0.535. The van der Waals surface area contributed by atoms with Gasteiger partial charge in [-0.1, -0.05) is 38.1 Å². The predicted molar refractivity (Wildman–Crippen MR) is 152 cm³/mol. The van der Waals surface area contributed by atoms with Crippen LogP contribution in [0.15, 0.2) is 86.0 Å². The third kappa shape index (κ3) is 8.05. The standard InChI is InChI=1S/C19H16N4O6.C6H8N2O2.C2H6/c1-13-10-18(24)21(12-15-4-8-17(9-5-15)23(28)29)19(25)20(13)11-14-2-6-16(7-3-14)22(26)27;1-7-4-3-5(9)8(2)6(7)10;1-2/h2-10H,11-12H2,1H3;3-4H,1-2H3;1-2H3. The molecule has 2 aromatic heterocycles. The van der Waals surface area contributed by atoms with Gasteiger partial charge in [0.1, 0.15) is 0 Å². The van der Waals surface area contributed by atoms with Gasteiger partial charge in [0, 0.05) is 62.4 Å². The first-order valence-corrected chi connectivity index (χ1v) is 12.4. The molecular formula is C27H30N6O8. The summed E-state index contributed by atoms with van der Waals surface area (Å²) in [5.74, 6) is 0. The Hall–Kier alpha value is -5.40. The molecule has 2 aromatic carbocycles. The molecule has 216 valence electrons. The fraction of sp³-hybridized carbons (Fsp3) is 0.259. The smallest absolute Gasteiger partial charge is 0.303 e. The van der Waals surface area contributed by atoms with Crippen LogP contribution < -0.4 is 22.5 Å². The molecule has 4 rings (SSSR count). The molecule has 0 aliphatic heterocycles. The average Bonchev–Trinajstić information content (AvgIpc) is 2.96. The molecule has 0 spiro atoms. The van der Waals surface area contributed by atoms with Crippen molar-refractivity contribution >= 4 is 11.4 Å². The maximum absolute atomic E-state index is 12.9. The summed E-state index contributed by atoms with van der Waals surface area (Å²) in [5.41, 5.74) is -0.0326. The summed E-state index contributed by atoms with van der Waals surface area (Å²) in [6.07, 6.45) is 1.45. The summed E-state index contributed by atoms with van der Waals surface area (Å²) in [4.78, 5) is 67.4. The van der Waals surface area contributed by atoms with Crippen molar-refractivity contribution in [2.24, 2.45) is 14.1 Å². The quantitative estimate of drug-likeness (QED) is 0.252. The Bertz CT molecular complexity index is 1760. The van der Waals surface area contributed by atoms with Gasteiger partial charge in [0.05, 0.1) is 22.9 Å². The molecule has 0 N–H and O–H groups in total. The first-order valence-electron chi connectivity index (χ1n) is 12.4. The zero-order valence-corrected chi connectivity index (χ0v) is 23.2. The maximum atomic E-state index is 12.9. The highest BCUT2D eigenvalue weighted by molar-refractivity contribution is 5.34. The highest BCUT2D eigenvalue weighted by atomic mass is 16.6. The number of rotatable bonds is 6. The Kier molecular flexibility index (Phi) is 11.0. The van der Waals surface area contributed by atoms with Gasteiger partial charge < -0.3 is 4.57 Å². The van der Waals surface area contributed by atoms with E-state index in [-0.39, 0.29) is 35.7 Å². The maximum Gasteiger partial charge on any atom is 0.331 e. The van der Waals surface area contributed by atoms with E-state index in [1.165, 1.54) is 70.9 Å². The van der Waals surface area contributed by atoms with E-state index in [4.69, 9.17) is 0 Å². The van der Waals surface area contributed by atoms with Gasteiger partial charge in [0.2, 0.25) is 0 Å². The van der Waals surface area contributed by atoms with Gasteiger partial charge in [0.15, 0.2) is 0 Å². The number of nitro benzene ring substituents is 2. The molecule has 14 nitrogen and oxygen atoms in total. The second-order valence-corrected chi connectivity index (χ2v) is 8.53. The second-order valence-electron chi connectivity index (χ2n) is 8.53. The lowest BCUT2D eigenvalue weighted by Crippen LogP contribution is -2.41. The topological polar surface area (TPSA) is 174 Å². The number of nitro groups is 2. The molecule has 4 aromatic rings. The van der Waals surface area contributed by atoms with Crippen LogP contribution in [0.4, 0.5) is 11.4 Å². The van der Waals surface area contributed by atoms with E-state index in [0.717, 1.165) is 9.13 Å². The zero-order chi connectivity index (χ0) is 30.9. The fourth-order valence-corrected chi connectivity index (χ4v) is 3.56. The highest BCUT2D eigenvalue weighted by Crippen LogP contribution is 2.14. The number of nitrogens with zero attached hydrogens (tertiary/aromatic N) is 6. The van der Waals surface area contributed by atoms with Crippen molar-refractivity contribution in [3.63, 3.8) is 0 Å². The van der Waals surface area contributed by atoms with Crippen LogP contribution in [0, 0.1) is 27.2 Å². The summed E-state index contributed by atoms with van der Waals surface area (Å²) in [6.45, 7) is 5.74. The highest BCUT2D eigenvalue weighted by Gasteiger charge is 2.12. The molecule has 0 radical (unpaired) electrons. The lowest BCUT2D eigenvalue weighted by Gasteiger charge is -2.13. The summed E-state index contributed by atoms with van der Waals surface area (Å²) in [6, 6.07) is 14.1. The lowest BCUT2D eigenvalue weighted by atomic mass is 10.2. The van der Waals surface area contributed by atoms with E-state index in [0.29, 0.717) is 16.8 Å². The normalized spacial score (nSPS) is 10.1. The van der Waals surface area contributed by atoms with Crippen molar-refractivity contribution in [1.82, 2.24) is 18.3 Å². The Morgan fingerprint density at radius 2 is 1.10 bits per heavy atom. The Balaban J connectivity index is 0.000000410. The van der Waals surface area contributed by atoms with E-state index in [1.54, 1.807) is 26.1 Å². The molecule has 2 heterocycles. The van der Waals surface area contributed by atoms with Crippen LogP contribution >= 0.6 is 0 Å². The van der Waals surface area contributed by atoms with Crippen LogP contribution in [0.1, 0.15) is 30.7 Å². The predicted octanol–water partition coefficient (Wildman–Crippen LogP) is 2.34. The number of benzene rings is 2. The van der Waals surface area contributed by atoms with Gasteiger partial charge in [-0.05, 0) is 18.1 Å². The molecular weight excluding hydrogens is 536 g/mol. The van der Waals surface area contributed by atoms with Crippen LogP contribution in [0.3, 0.4) is 0 Å². The number of non-ortho nitro benzene ring substituents is 2. The summed E-state index contributed by atoms with van der Waals surface area (Å²) < 4.78 is 4.84. The molecule has 0 atom stereocenters. The van der Waals surface area contributed by atoms with E-state index >= 15 is 0 Å². The second kappa shape index (κ2) is 14.1. The molecule has 0 saturated heterocycles. The van der Waals surface area contributed by atoms with E-state index in [2.05, 4.69) is 0 Å². The van der Waals surface area contributed by atoms with Gasteiger partial charge in [-0.15, -0.1) is 0 Å². The zero-order valence-electron chi connectivity index (χ0n) is 23.2. The molecule has 0 unspecified atom stereocenters. The van der Waals surface area contributed by atoms with Crippen LogP contribution in [-0.2, 0) is 27.2 Å². The molecule has 14 heteroatoms. The van der Waals surface area contributed by atoms with Crippen molar-refractivity contribution in [2.45, 2.75) is 33.9 Å². The van der Waals surface area contributed by atoms with E-state index < -0.39 is 21.1 Å². The monoisotopic (exact) mass is 566 g/mol. The van der Waals surface area contributed by atoms with Crippen LogP contribution in [-0.4, -0.2) is 28.1 Å². The van der Waals surface area contributed by atoms with Crippen molar-refractivity contribution in [3.8, 4) is 0 Å². The van der Waals surface area contributed by atoms with Gasteiger partial charge in [-0.3, -0.25) is 43.5 Å².